The third kappa shape index (κ3) is 5.14. The number of aliphatic hydroxyl groups excluding tert-OH is 1. The molecule has 6 nitrogen and oxygen atoms in total. The maximum atomic E-state index is 10.9. The minimum absolute atomic E-state index is 0.0470. The van der Waals surface area contributed by atoms with E-state index in [4.69, 9.17) is 9.84 Å². The van der Waals surface area contributed by atoms with Gasteiger partial charge in [0.1, 0.15) is 0 Å². The molecule has 1 aromatic heterocycles. The first kappa shape index (κ1) is 11.7. The first-order valence-electron chi connectivity index (χ1n) is 4.80. The van der Waals surface area contributed by atoms with Crippen molar-refractivity contribution < 1.29 is 9.84 Å². The van der Waals surface area contributed by atoms with Gasteiger partial charge >= 0.3 is 0 Å². The second-order valence-corrected chi connectivity index (χ2v) is 2.95. The van der Waals surface area contributed by atoms with E-state index in [-0.39, 0.29) is 12.2 Å². The fourth-order valence-corrected chi connectivity index (χ4v) is 1.05. The number of rotatable bonds is 7. The largest absolute Gasteiger partial charge is 0.394 e. The Balaban J connectivity index is 2.12. The molecule has 84 valence electrons. The molecule has 0 aliphatic heterocycles. The van der Waals surface area contributed by atoms with Crippen LogP contribution >= 0.6 is 0 Å². The molecule has 0 aliphatic carbocycles. The smallest absolute Gasteiger partial charge is 0.266 e. The van der Waals surface area contributed by atoms with Crippen molar-refractivity contribution in [3.8, 4) is 0 Å². The summed E-state index contributed by atoms with van der Waals surface area (Å²) in [6.45, 7) is 1.71. The first-order valence-corrected chi connectivity index (χ1v) is 4.80. The van der Waals surface area contributed by atoms with E-state index in [0.29, 0.717) is 25.4 Å². The number of anilines is 1. The van der Waals surface area contributed by atoms with Crippen molar-refractivity contribution in [1.82, 2.24) is 10.2 Å². The second-order valence-electron chi connectivity index (χ2n) is 2.95. The summed E-state index contributed by atoms with van der Waals surface area (Å²) in [6, 6.07) is 1.45. The summed E-state index contributed by atoms with van der Waals surface area (Å²) >= 11 is 0. The van der Waals surface area contributed by atoms with Crippen LogP contribution in [0.25, 0.3) is 0 Å². The predicted molar refractivity (Wildman–Crippen MR) is 55.9 cm³/mol. The molecule has 0 saturated heterocycles. The molecule has 1 rings (SSSR count). The third-order valence-corrected chi connectivity index (χ3v) is 1.70. The molecule has 15 heavy (non-hydrogen) atoms. The standard InChI is InChI=1S/C9H15N3O3/c13-3-5-15-4-1-2-10-8-6-9(14)12-11-7-8/h6-7,13H,1-5H2,(H2,10,12,14). The van der Waals surface area contributed by atoms with Crippen LogP contribution in [0.15, 0.2) is 17.1 Å². The lowest BCUT2D eigenvalue weighted by Crippen LogP contribution is -2.11. The summed E-state index contributed by atoms with van der Waals surface area (Å²) in [5.41, 5.74) is 0.470. The lowest BCUT2D eigenvalue weighted by molar-refractivity contribution is 0.0922. The highest BCUT2D eigenvalue weighted by Crippen LogP contribution is 1.98. The van der Waals surface area contributed by atoms with Crippen molar-refractivity contribution in [2.45, 2.75) is 6.42 Å². The number of ether oxygens (including phenoxy) is 1. The van der Waals surface area contributed by atoms with Gasteiger partial charge in [0.05, 0.1) is 25.1 Å². The molecule has 1 aromatic rings. The van der Waals surface area contributed by atoms with E-state index in [0.717, 1.165) is 6.42 Å². The number of aliphatic hydroxyl groups is 1. The summed E-state index contributed by atoms with van der Waals surface area (Å²) in [6.07, 6.45) is 2.36. The Morgan fingerprint density at radius 2 is 2.40 bits per heavy atom. The second kappa shape index (κ2) is 6.97. The zero-order chi connectivity index (χ0) is 10.9. The highest BCUT2D eigenvalue weighted by atomic mass is 16.5. The zero-order valence-electron chi connectivity index (χ0n) is 8.40. The lowest BCUT2D eigenvalue weighted by atomic mass is 10.4. The summed E-state index contributed by atoms with van der Waals surface area (Å²) in [5, 5.41) is 17.4. The minimum Gasteiger partial charge on any atom is -0.394 e. The van der Waals surface area contributed by atoms with Crippen LogP contribution in [0.4, 0.5) is 5.69 Å². The van der Waals surface area contributed by atoms with Crippen molar-refractivity contribution in [2.24, 2.45) is 0 Å². The molecule has 0 radical (unpaired) electrons. The molecule has 6 heteroatoms. The van der Waals surface area contributed by atoms with Crippen molar-refractivity contribution in [3.63, 3.8) is 0 Å². The van der Waals surface area contributed by atoms with Crippen LogP contribution in [0.3, 0.4) is 0 Å². The van der Waals surface area contributed by atoms with Crippen LogP contribution in [0.5, 0.6) is 0 Å². The highest BCUT2D eigenvalue weighted by molar-refractivity contribution is 5.38. The number of hydrogen-bond acceptors (Lipinski definition) is 5. The molecule has 0 unspecified atom stereocenters. The van der Waals surface area contributed by atoms with Crippen LogP contribution in [0.2, 0.25) is 0 Å². The predicted octanol–water partition coefficient (Wildman–Crippen LogP) is -0.419. The summed E-state index contributed by atoms with van der Waals surface area (Å²) < 4.78 is 5.07. The Hall–Kier alpha value is -1.40. The normalized spacial score (nSPS) is 10.2. The molecular formula is C9H15N3O3. The van der Waals surface area contributed by atoms with Gasteiger partial charge in [0.2, 0.25) is 0 Å². The number of nitrogens with one attached hydrogen (secondary N) is 2. The van der Waals surface area contributed by atoms with Gasteiger partial charge in [-0.05, 0) is 6.42 Å². The van der Waals surface area contributed by atoms with Crippen LogP contribution in [-0.2, 0) is 4.74 Å². The fraction of sp³-hybridized carbons (Fsp3) is 0.556. The molecule has 0 aliphatic rings. The number of hydrogen-bond donors (Lipinski definition) is 3. The fourth-order valence-electron chi connectivity index (χ4n) is 1.05. The maximum absolute atomic E-state index is 10.9. The molecule has 0 atom stereocenters. The third-order valence-electron chi connectivity index (χ3n) is 1.70. The van der Waals surface area contributed by atoms with Gasteiger partial charge in [-0.25, -0.2) is 5.10 Å². The van der Waals surface area contributed by atoms with E-state index in [1.807, 2.05) is 0 Å². The molecule has 0 fully saturated rings. The van der Waals surface area contributed by atoms with Gasteiger partial charge in [0.15, 0.2) is 0 Å². The van der Waals surface area contributed by atoms with Gasteiger partial charge in [-0.3, -0.25) is 4.79 Å². The highest BCUT2D eigenvalue weighted by Gasteiger charge is 1.93. The molecule has 0 amide bonds. The summed E-state index contributed by atoms with van der Waals surface area (Å²) in [7, 11) is 0. The molecule has 1 heterocycles. The van der Waals surface area contributed by atoms with E-state index >= 15 is 0 Å². The quantitative estimate of drug-likeness (QED) is 0.535. The Labute approximate surface area is 87.3 Å². The van der Waals surface area contributed by atoms with E-state index in [2.05, 4.69) is 15.5 Å². The minimum atomic E-state index is -0.225. The molecule has 0 aromatic carbocycles. The van der Waals surface area contributed by atoms with E-state index in [9.17, 15) is 4.79 Å². The monoisotopic (exact) mass is 213 g/mol. The van der Waals surface area contributed by atoms with Crippen LogP contribution in [0, 0.1) is 0 Å². The molecular weight excluding hydrogens is 198 g/mol. The molecule has 0 bridgehead atoms. The van der Waals surface area contributed by atoms with Crippen molar-refractivity contribution >= 4 is 5.69 Å². The Kier molecular flexibility index (Phi) is 5.42. The maximum Gasteiger partial charge on any atom is 0.266 e. The first-order chi connectivity index (χ1) is 7.33. The average Bonchev–Trinajstić information content (AvgIpc) is 2.23. The van der Waals surface area contributed by atoms with Gasteiger partial charge in [-0.2, -0.15) is 5.10 Å². The van der Waals surface area contributed by atoms with Crippen LogP contribution in [0.1, 0.15) is 6.42 Å². The molecule has 3 N–H and O–H groups in total. The number of aromatic amines is 1. The Morgan fingerprint density at radius 3 is 3.13 bits per heavy atom. The molecule has 0 spiro atoms. The van der Waals surface area contributed by atoms with Gasteiger partial charge in [0.25, 0.3) is 5.56 Å². The number of aromatic nitrogens is 2. The van der Waals surface area contributed by atoms with Crippen molar-refractivity contribution in [1.29, 1.82) is 0 Å². The Bertz CT molecular complexity index is 326. The van der Waals surface area contributed by atoms with Gasteiger partial charge < -0.3 is 15.2 Å². The lowest BCUT2D eigenvalue weighted by Gasteiger charge is -2.05. The Morgan fingerprint density at radius 1 is 1.53 bits per heavy atom. The van der Waals surface area contributed by atoms with E-state index < -0.39 is 0 Å². The van der Waals surface area contributed by atoms with Crippen molar-refractivity contribution in [3.05, 3.63) is 22.6 Å². The summed E-state index contributed by atoms with van der Waals surface area (Å²) in [5.74, 6) is 0. The SMILES string of the molecule is O=c1cc(NCCCOCCO)cn[nH]1. The average molecular weight is 213 g/mol. The number of nitrogens with zero attached hydrogens (tertiary/aromatic N) is 1. The van der Waals surface area contributed by atoms with Gasteiger partial charge in [0, 0.05) is 19.2 Å². The van der Waals surface area contributed by atoms with Gasteiger partial charge in [-0.15, -0.1) is 0 Å². The van der Waals surface area contributed by atoms with Crippen LogP contribution in [-0.4, -0.2) is 41.7 Å². The number of H-pyrrole nitrogens is 1. The summed E-state index contributed by atoms with van der Waals surface area (Å²) in [4.78, 5) is 10.9. The van der Waals surface area contributed by atoms with Gasteiger partial charge in [-0.1, -0.05) is 0 Å². The van der Waals surface area contributed by atoms with Crippen molar-refractivity contribution in [2.75, 3.05) is 31.7 Å². The van der Waals surface area contributed by atoms with E-state index in [1.54, 1.807) is 6.20 Å². The molecule has 0 saturated carbocycles. The van der Waals surface area contributed by atoms with E-state index in [1.165, 1.54) is 6.07 Å². The van der Waals surface area contributed by atoms with Crippen LogP contribution < -0.4 is 10.9 Å². The topological polar surface area (TPSA) is 87.2 Å². The zero-order valence-corrected chi connectivity index (χ0v) is 8.40.